The standard InChI is InChI=1S/C14H20N2O3/c1-2-19-10-14(18)16-7-12(9-17)13(8-16)11-3-5-15-6-4-11/h3-6,12-13,17H,2,7-10H2,1H3/t12-,13-/m0/s1. The van der Waals surface area contributed by atoms with Crippen molar-refractivity contribution in [3.63, 3.8) is 0 Å². The third-order valence-corrected chi connectivity index (χ3v) is 3.59. The Bertz CT molecular complexity index is 410. The number of aliphatic hydroxyl groups excluding tert-OH is 1. The highest BCUT2D eigenvalue weighted by Crippen LogP contribution is 2.32. The number of aromatic nitrogens is 1. The van der Waals surface area contributed by atoms with Gasteiger partial charge in [0.2, 0.25) is 5.91 Å². The van der Waals surface area contributed by atoms with Gasteiger partial charge in [-0.2, -0.15) is 0 Å². The predicted octanol–water partition coefficient (Wildman–Crippen LogP) is 0.652. The van der Waals surface area contributed by atoms with Gasteiger partial charge in [-0.05, 0) is 24.6 Å². The summed E-state index contributed by atoms with van der Waals surface area (Å²) in [5, 5.41) is 9.49. The summed E-state index contributed by atoms with van der Waals surface area (Å²) in [6.45, 7) is 3.85. The fourth-order valence-corrected chi connectivity index (χ4v) is 2.53. The number of aliphatic hydroxyl groups is 1. The largest absolute Gasteiger partial charge is 0.396 e. The van der Waals surface area contributed by atoms with Crippen molar-refractivity contribution in [2.24, 2.45) is 5.92 Å². The van der Waals surface area contributed by atoms with Gasteiger partial charge in [0.1, 0.15) is 6.61 Å². The molecule has 0 radical (unpaired) electrons. The predicted molar refractivity (Wildman–Crippen MR) is 70.6 cm³/mol. The molecule has 0 unspecified atom stereocenters. The van der Waals surface area contributed by atoms with Gasteiger partial charge < -0.3 is 14.7 Å². The van der Waals surface area contributed by atoms with Crippen molar-refractivity contribution in [2.75, 3.05) is 32.9 Å². The molecule has 0 aromatic carbocycles. The zero-order valence-corrected chi connectivity index (χ0v) is 11.2. The Balaban J connectivity index is 2.04. The van der Waals surface area contributed by atoms with Crippen LogP contribution in [0.5, 0.6) is 0 Å². The minimum absolute atomic E-state index is 0.00291. The lowest BCUT2D eigenvalue weighted by Gasteiger charge is -2.16. The fourth-order valence-electron chi connectivity index (χ4n) is 2.53. The van der Waals surface area contributed by atoms with Gasteiger partial charge in [0.15, 0.2) is 0 Å². The number of hydrogen-bond donors (Lipinski definition) is 1. The van der Waals surface area contributed by atoms with E-state index in [0.29, 0.717) is 19.7 Å². The summed E-state index contributed by atoms with van der Waals surface area (Å²) in [5.74, 6) is 0.267. The van der Waals surface area contributed by atoms with E-state index in [9.17, 15) is 9.90 Å². The van der Waals surface area contributed by atoms with E-state index in [1.807, 2.05) is 19.1 Å². The first-order valence-corrected chi connectivity index (χ1v) is 6.62. The van der Waals surface area contributed by atoms with Gasteiger partial charge in [0.25, 0.3) is 0 Å². The molecule has 0 spiro atoms. The van der Waals surface area contributed by atoms with Crippen LogP contribution in [0, 0.1) is 5.92 Å². The Morgan fingerprint density at radius 3 is 2.84 bits per heavy atom. The van der Waals surface area contributed by atoms with Crippen molar-refractivity contribution in [1.82, 2.24) is 9.88 Å². The molecule has 1 aromatic heterocycles. The van der Waals surface area contributed by atoms with Gasteiger partial charge in [-0.1, -0.05) is 0 Å². The Kier molecular flexibility index (Phi) is 4.87. The SMILES string of the molecule is CCOCC(=O)N1C[C@@H](CO)[C@H](c2ccncc2)C1. The number of likely N-dealkylation sites (tertiary alicyclic amines) is 1. The molecule has 0 saturated carbocycles. The smallest absolute Gasteiger partial charge is 0.248 e. The molecule has 1 aliphatic heterocycles. The first-order valence-electron chi connectivity index (χ1n) is 6.62. The van der Waals surface area contributed by atoms with E-state index in [0.717, 1.165) is 5.56 Å². The van der Waals surface area contributed by atoms with E-state index in [1.54, 1.807) is 17.3 Å². The highest BCUT2D eigenvalue weighted by Gasteiger charge is 2.35. The van der Waals surface area contributed by atoms with Crippen LogP contribution in [-0.2, 0) is 9.53 Å². The van der Waals surface area contributed by atoms with Crippen LogP contribution in [0.15, 0.2) is 24.5 Å². The number of carbonyl (C=O) groups excluding carboxylic acids is 1. The third kappa shape index (κ3) is 3.30. The number of rotatable bonds is 5. The van der Waals surface area contributed by atoms with Crippen LogP contribution in [0.3, 0.4) is 0 Å². The molecule has 1 aliphatic rings. The summed E-state index contributed by atoms with van der Waals surface area (Å²) in [7, 11) is 0. The summed E-state index contributed by atoms with van der Waals surface area (Å²) in [6.07, 6.45) is 3.49. The number of nitrogens with zero attached hydrogens (tertiary/aromatic N) is 2. The van der Waals surface area contributed by atoms with Crippen molar-refractivity contribution in [3.8, 4) is 0 Å². The zero-order chi connectivity index (χ0) is 13.7. The second-order valence-electron chi connectivity index (χ2n) is 4.77. The maximum atomic E-state index is 11.9. The van der Waals surface area contributed by atoms with E-state index >= 15 is 0 Å². The van der Waals surface area contributed by atoms with E-state index in [4.69, 9.17) is 4.74 Å². The minimum Gasteiger partial charge on any atom is -0.396 e. The lowest BCUT2D eigenvalue weighted by atomic mass is 9.90. The first-order chi connectivity index (χ1) is 9.26. The van der Waals surface area contributed by atoms with Crippen LogP contribution in [0.4, 0.5) is 0 Å². The Hall–Kier alpha value is -1.46. The van der Waals surface area contributed by atoms with Crippen molar-refractivity contribution in [3.05, 3.63) is 30.1 Å². The molecule has 1 saturated heterocycles. The minimum atomic E-state index is -0.00291. The van der Waals surface area contributed by atoms with E-state index in [1.165, 1.54) is 0 Å². The fraction of sp³-hybridized carbons (Fsp3) is 0.571. The molecule has 5 heteroatoms. The average molecular weight is 264 g/mol. The summed E-state index contributed by atoms with van der Waals surface area (Å²) < 4.78 is 5.15. The molecule has 104 valence electrons. The van der Waals surface area contributed by atoms with Crippen LogP contribution in [0.25, 0.3) is 0 Å². The number of ether oxygens (including phenoxy) is 1. The second-order valence-corrected chi connectivity index (χ2v) is 4.77. The van der Waals surface area contributed by atoms with E-state index in [-0.39, 0.29) is 31.0 Å². The molecule has 1 amide bonds. The van der Waals surface area contributed by atoms with E-state index in [2.05, 4.69) is 4.98 Å². The normalized spacial score (nSPS) is 22.7. The molecule has 1 aromatic rings. The molecular weight excluding hydrogens is 244 g/mol. The van der Waals surface area contributed by atoms with Crippen LogP contribution in [0.2, 0.25) is 0 Å². The van der Waals surface area contributed by atoms with Gasteiger partial charge >= 0.3 is 0 Å². The maximum absolute atomic E-state index is 11.9. The second kappa shape index (κ2) is 6.63. The Morgan fingerprint density at radius 2 is 2.21 bits per heavy atom. The monoisotopic (exact) mass is 264 g/mol. The molecular formula is C14H20N2O3. The summed E-state index contributed by atoms with van der Waals surface area (Å²) in [6, 6.07) is 3.90. The molecule has 1 N–H and O–H groups in total. The van der Waals surface area contributed by atoms with Crippen molar-refractivity contribution in [1.29, 1.82) is 0 Å². The van der Waals surface area contributed by atoms with Crippen LogP contribution < -0.4 is 0 Å². The molecule has 2 heterocycles. The average Bonchev–Trinajstić information content (AvgIpc) is 2.90. The van der Waals surface area contributed by atoms with Gasteiger partial charge in [-0.3, -0.25) is 9.78 Å². The van der Waals surface area contributed by atoms with Gasteiger partial charge in [0.05, 0.1) is 0 Å². The first kappa shape index (κ1) is 14.0. The summed E-state index contributed by atoms with van der Waals surface area (Å²) in [4.78, 5) is 17.7. The molecule has 0 aliphatic carbocycles. The van der Waals surface area contributed by atoms with Crippen LogP contribution in [-0.4, -0.2) is 53.8 Å². The van der Waals surface area contributed by atoms with Gasteiger partial charge in [-0.15, -0.1) is 0 Å². The number of hydrogen-bond acceptors (Lipinski definition) is 4. The highest BCUT2D eigenvalue weighted by molar-refractivity contribution is 5.78. The molecule has 2 rings (SSSR count). The highest BCUT2D eigenvalue weighted by atomic mass is 16.5. The molecule has 0 bridgehead atoms. The van der Waals surface area contributed by atoms with Gasteiger partial charge in [0, 0.05) is 50.5 Å². The molecule has 19 heavy (non-hydrogen) atoms. The van der Waals surface area contributed by atoms with Crippen molar-refractivity contribution >= 4 is 5.91 Å². The molecule has 5 nitrogen and oxygen atoms in total. The van der Waals surface area contributed by atoms with Gasteiger partial charge in [-0.25, -0.2) is 0 Å². The maximum Gasteiger partial charge on any atom is 0.248 e. The lowest BCUT2D eigenvalue weighted by molar-refractivity contribution is -0.135. The molecule has 2 atom stereocenters. The van der Waals surface area contributed by atoms with E-state index < -0.39 is 0 Å². The number of pyridine rings is 1. The number of amides is 1. The van der Waals surface area contributed by atoms with Crippen molar-refractivity contribution < 1.29 is 14.6 Å². The third-order valence-electron chi connectivity index (χ3n) is 3.59. The quantitative estimate of drug-likeness (QED) is 0.848. The zero-order valence-electron chi connectivity index (χ0n) is 11.2. The Morgan fingerprint density at radius 1 is 1.47 bits per heavy atom. The topological polar surface area (TPSA) is 62.7 Å². The van der Waals surface area contributed by atoms with Crippen LogP contribution >= 0.6 is 0 Å². The summed E-state index contributed by atoms with van der Waals surface area (Å²) in [5.41, 5.74) is 1.13. The Labute approximate surface area is 113 Å². The van der Waals surface area contributed by atoms with Crippen LogP contribution in [0.1, 0.15) is 18.4 Å². The lowest BCUT2D eigenvalue weighted by Crippen LogP contribution is -2.32. The van der Waals surface area contributed by atoms with Crippen molar-refractivity contribution in [2.45, 2.75) is 12.8 Å². The summed E-state index contributed by atoms with van der Waals surface area (Å²) >= 11 is 0. The number of carbonyl (C=O) groups is 1. The molecule has 1 fully saturated rings.